The second-order valence-electron chi connectivity index (χ2n) is 6.88. The lowest BCUT2D eigenvalue weighted by molar-refractivity contribution is -0.137. The van der Waals surface area contributed by atoms with Crippen molar-refractivity contribution in [2.45, 2.75) is 44.8 Å². The summed E-state index contributed by atoms with van der Waals surface area (Å²) in [4.78, 5) is 18.9. The Balaban J connectivity index is 1.78. The Morgan fingerprint density at radius 1 is 1.31 bits per heavy atom. The highest BCUT2D eigenvalue weighted by molar-refractivity contribution is 5.79. The topological polar surface area (TPSA) is 62.7 Å². The minimum Gasteiger partial charge on any atom is -0.496 e. The monoisotopic (exact) mass is 354 g/mol. The predicted octanol–water partition coefficient (Wildman–Crippen LogP) is 3.06. The van der Waals surface area contributed by atoms with E-state index >= 15 is 0 Å². The van der Waals surface area contributed by atoms with Gasteiger partial charge < -0.3 is 14.7 Å². The van der Waals surface area contributed by atoms with Crippen LogP contribution in [0.3, 0.4) is 0 Å². The standard InChI is InChI=1S/C21H26N2O3/c1-15-6-8-16(9-7-15)13-20(24)23-12-4-3-5-18(23)21(25)17-14-22-11-10-19(17)26-2/h6-11,14,18,21,25H,3-5,12-13H2,1-2H3/t18-,21?/m0/s1. The minimum absolute atomic E-state index is 0.0560. The number of aliphatic hydroxyl groups excluding tert-OH is 1. The summed E-state index contributed by atoms with van der Waals surface area (Å²) in [5.74, 6) is 0.657. The summed E-state index contributed by atoms with van der Waals surface area (Å²) in [6, 6.07) is 9.51. The fourth-order valence-electron chi connectivity index (χ4n) is 3.59. The quantitative estimate of drug-likeness (QED) is 0.896. The number of piperidine rings is 1. The van der Waals surface area contributed by atoms with Crippen LogP contribution >= 0.6 is 0 Å². The number of amides is 1. The van der Waals surface area contributed by atoms with Gasteiger partial charge in [-0.3, -0.25) is 9.78 Å². The second kappa shape index (κ2) is 8.32. The van der Waals surface area contributed by atoms with Crippen molar-refractivity contribution in [1.29, 1.82) is 0 Å². The molecule has 2 atom stereocenters. The van der Waals surface area contributed by atoms with Crippen molar-refractivity contribution in [1.82, 2.24) is 9.88 Å². The zero-order valence-electron chi connectivity index (χ0n) is 15.4. The van der Waals surface area contributed by atoms with Gasteiger partial charge in [0.15, 0.2) is 0 Å². The molecule has 0 aliphatic carbocycles. The number of methoxy groups -OCH3 is 1. The van der Waals surface area contributed by atoms with Gasteiger partial charge in [-0.15, -0.1) is 0 Å². The Bertz CT molecular complexity index is 745. The number of nitrogens with zero attached hydrogens (tertiary/aromatic N) is 2. The molecular weight excluding hydrogens is 328 g/mol. The number of likely N-dealkylation sites (tertiary alicyclic amines) is 1. The Hall–Kier alpha value is -2.40. The van der Waals surface area contributed by atoms with Crippen molar-refractivity contribution >= 4 is 5.91 Å². The van der Waals surface area contributed by atoms with Gasteiger partial charge in [0.05, 0.1) is 19.6 Å². The molecule has 1 amide bonds. The van der Waals surface area contributed by atoms with Crippen LogP contribution in [-0.4, -0.2) is 40.6 Å². The molecule has 0 spiro atoms. The third-order valence-electron chi connectivity index (χ3n) is 5.06. The maximum atomic E-state index is 12.9. The first kappa shape index (κ1) is 18.4. The number of carbonyl (C=O) groups is 1. The molecule has 0 radical (unpaired) electrons. The van der Waals surface area contributed by atoms with E-state index in [-0.39, 0.29) is 11.9 Å². The number of pyridine rings is 1. The number of rotatable bonds is 5. The average Bonchev–Trinajstić information content (AvgIpc) is 2.69. The number of aryl methyl sites for hydroxylation is 1. The summed E-state index contributed by atoms with van der Waals surface area (Å²) in [5, 5.41) is 11.0. The van der Waals surface area contributed by atoms with Crippen molar-refractivity contribution < 1.29 is 14.6 Å². The molecule has 26 heavy (non-hydrogen) atoms. The van der Waals surface area contributed by atoms with Crippen LogP contribution in [0.5, 0.6) is 5.75 Å². The van der Waals surface area contributed by atoms with Gasteiger partial charge in [0.25, 0.3) is 0 Å². The van der Waals surface area contributed by atoms with Crippen molar-refractivity contribution in [3.05, 3.63) is 59.4 Å². The van der Waals surface area contributed by atoms with Crippen LogP contribution in [0.15, 0.2) is 42.7 Å². The predicted molar refractivity (Wildman–Crippen MR) is 100.0 cm³/mol. The van der Waals surface area contributed by atoms with E-state index in [0.29, 0.717) is 24.3 Å². The van der Waals surface area contributed by atoms with Crippen LogP contribution in [-0.2, 0) is 11.2 Å². The molecule has 5 nitrogen and oxygen atoms in total. The second-order valence-corrected chi connectivity index (χ2v) is 6.88. The van der Waals surface area contributed by atoms with Gasteiger partial charge in [0.1, 0.15) is 11.9 Å². The Morgan fingerprint density at radius 2 is 2.08 bits per heavy atom. The molecule has 1 N–H and O–H groups in total. The third-order valence-corrected chi connectivity index (χ3v) is 5.06. The molecule has 1 saturated heterocycles. The van der Waals surface area contributed by atoms with E-state index in [9.17, 15) is 9.90 Å². The van der Waals surface area contributed by atoms with E-state index in [1.807, 2.05) is 36.1 Å². The molecule has 3 rings (SSSR count). The molecule has 2 aromatic rings. The van der Waals surface area contributed by atoms with Gasteiger partial charge in [0, 0.05) is 24.5 Å². The molecule has 1 aliphatic rings. The van der Waals surface area contributed by atoms with Gasteiger partial charge in [-0.05, 0) is 37.8 Å². The van der Waals surface area contributed by atoms with Crippen LogP contribution in [0.2, 0.25) is 0 Å². The lowest BCUT2D eigenvalue weighted by Crippen LogP contribution is -2.47. The third kappa shape index (κ3) is 4.05. The van der Waals surface area contributed by atoms with Gasteiger partial charge in [-0.25, -0.2) is 0 Å². The first-order chi connectivity index (χ1) is 12.6. The molecule has 1 unspecified atom stereocenters. The molecule has 1 fully saturated rings. The first-order valence-electron chi connectivity index (χ1n) is 9.11. The van der Waals surface area contributed by atoms with Crippen LogP contribution in [0, 0.1) is 6.92 Å². The maximum Gasteiger partial charge on any atom is 0.227 e. The van der Waals surface area contributed by atoms with Crippen LogP contribution in [0.4, 0.5) is 0 Å². The first-order valence-corrected chi connectivity index (χ1v) is 9.11. The van der Waals surface area contributed by atoms with E-state index in [4.69, 9.17) is 4.74 Å². The molecular formula is C21H26N2O3. The number of hydrogen-bond donors (Lipinski definition) is 1. The van der Waals surface area contributed by atoms with Gasteiger partial charge >= 0.3 is 0 Å². The van der Waals surface area contributed by atoms with Crippen LogP contribution in [0.1, 0.15) is 42.1 Å². The molecule has 1 aliphatic heterocycles. The highest BCUT2D eigenvalue weighted by Crippen LogP contribution is 2.33. The lowest BCUT2D eigenvalue weighted by Gasteiger charge is -2.39. The Morgan fingerprint density at radius 3 is 2.81 bits per heavy atom. The van der Waals surface area contributed by atoms with E-state index in [1.54, 1.807) is 25.6 Å². The fraction of sp³-hybridized carbons (Fsp3) is 0.429. The Labute approximate surface area is 154 Å². The van der Waals surface area contributed by atoms with E-state index in [1.165, 1.54) is 5.56 Å². The van der Waals surface area contributed by atoms with E-state index in [2.05, 4.69) is 4.98 Å². The molecule has 0 bridgehead atoms. The van der Waals surface area contributed by atoms with E-state index in [0.717, 1.165) is 24.8 Å². The molecule has 1 aromatic heterocycles. The highest BCUT2D eigenvalue weighted by Gasteiger charge is 2.34. The SMILES string of the molecule is COc1ccncc1C(O)[C@@H]1CCCCN1C(=O)Cc1ccc(C)cc1. The van der Waals surface area contributed by atoms with Crippen LogP contribution in [0.25, 0.3) is 0 Å². The van der Waals surface area contributed by atoms with Crippen molar-refractivity contribution in [2.24, 2.45) is 0 Å². The fourth-order valence-corrected chi connectivity index (χ4v) is 3.59. The zero-order chi connectivity index (χ0) is 18.5. The number of hydrogen-bond acceptors (Lipinski definition) is 4. The summed E-state index contributed by atoms with van der Waals surface area (Å²) in [7, 11) is 1.58. The van der Waals surface area contributed by atoms with Gasteiger partial charge in [-0.2, -0.15) is 0 Å². The summed E-state index contributed by atoms with van der Waals surface area (Å²) < 4.78 is 5.36. The van der Waals surface area contributed by atoms with Crippen molar-refractivity contribution in [2.75, 3.05) is 13.7 Å². The lowest BCUT2D eigenvalue weighted by atomic mass is 9.92. The molecule has 138 valence electrons. The summed E-state index contributed by atoms with van der Waals surface area (Å²) in [6.45, 7) is 2.71. The van der Waals surface area contributed by atoms with E-state index < -0.39 is 6.10 Å². The summed E-state index contributed by atoms with van der Waals surface area (Å²) in [5.41, 5.74) is 2.81. The summed E-state index contributed by atoms with van der Waals surface area (Å²) in [6.07, 6.45) is 5.55. The number of benzene rings is 1. The van der Waals surface area contributed by atoms with Crippen molar-refractivity contribution in [3.8, 4) is 5.75 Å². The molecule has 2 heterocycles. The summed E-state index contributed by atoms with van der Waals surface area (Å²) >= 11 is 0. The normalized spacial score (nSPS) is 18.4. The Kier molecular flexibility index (Phi) is 5.89. The number of aromatic nitrogens is 1. The number of ether oxygens (including phenoxy) is 1. The number of aliphatic hydroxyl groups is 1. The average molecular weight is 354 g/mol. The van der Waals surface area contributed by atoms with Crippen LogP contribution < -0.4 is 4.74 Å². The largest absolute Gasteiger partial charge is 0.496 e. The molecule has 1 aromatic carbocycles. The molecule has 5 heteroatoms. The number of carbonyl (C=O) groups excluding carboxylic acids is 1. The van der Waals surface area contributed by atoms with Gasteiger partial charge in [-0.1, -0.05) is 29.8 Å². The smallest absolute Gasteiger partial charge is 0.227 e. The highest BCUT2D eigenvalue weighted by atomic mass is 16.5. The van der Waals surface area contributed by atoms with Crippen molar-refractivity contribution in [3.63, 3.8) is 0 Å². The maximum absolute atomic E-state index is 12.9. The molecule has 0 saturated carbocycles. The van der Waals surface area contributed by atoms with Gasteiger partial charge in [0.2, 0.25) is 5.91 Å². The minimum atomic E-state index is -0.805. The zero-order valence-corrected chi connectivity index (χ0v) is 15.4.